The number of rotatable bonds is 2. The van der Waals surface area contributed by atoms with E-state index in [0.29, 0.717) is 17.1 Å². The minimum Gasteiger partial charge on any atom is -0.466 e. The minimum atomic E-state index is -0.162. The molecule has 0 unspecified atom stereocenters. The van der Waals surface area contributed by atoms with Crippen LogP contribution < -0.4 is 5.32 Å². The van der Waals surface area contributed by atoms with Crippen molar-refractivity contribution in [1.29, 1.82) is 0 Å². The molecule has 0 saturated carbocycles. The van der Waals surface area contributed by atoms with Gasteiger partial charge in [-0.1, -0.05) is 0 Å². The van der Waals surface area contributed by atoms with E-state index in [9.17, 15) is 4.79 Å². The second-order valence-corrected chi connectivity index (χ2v) is 4.46. The average molecular weight is 247 g/mol. The summed E-state index contributed by atoms with van der Waals surface area (Å²) < 4.78 is 7.10. The fourth-order valence-corrected chi connectivity index (χ4v) is 2.03. The predicted octanol–water partition coefficient (Wildman–Crippen LogP) is 2.50. The first-order valence-corrected chi connectivity index (χ1v) is 5.78. The standard InChI is InChI=1S/C13H17N3O2/c1-7-6-11(16(5)15-7)14-13(17)12-8(2)9(3)18-10(12)4/h6H,1-5H3,(H,14,17). The van der Waals surface area contributed by atoms with Crippen LogP contribution in [0.2, 0.25) is 0 Å². The van der Waals surface area contributed by atoms with E-state index in [1.165, 1.54) is 0 Å². The summed E-state index contributed by atoms with van der Waals surface area (Å²) in [6.45, 7) is 7.42. The Morgan fingerprint density at radius 2 is 1.94 bits per heavy atom. The Bertz CT molecular complexity index is 608. The maximum Gasteiger partial charge on any atom is 0.260 e. The van der Waals surface area contributed by atoms with Crippen LogP contribution in [0.3, 0.4) is 0 Å². The Morgan fingerprint density at radius 3 is 2.39 bits per heavy atom. The molecule has 0 aliphatic rings. The first-order chi connectivity index (χ1) is 8.40. The van der Waals surface area contributed by atoms with Crippen molar-refractivity contribution in [3.8, 4) is 0 Å². The highest BCUT2D eigenvalue weighted by Crippen LogP contribution is 2.22. The van der Waals surface area contributed by atoms with E-state index in [-0.39, 0.29) is 5.91 Å². The number of carbonyl (C=O) groups is 1. The van der Waals surface area contributed by atoms with E-state index >= 15 is 0 Å². The number of amides is 1. The second-order valence-electron chi connectivity index (χ2n) is 4.46. The highest BCUT2D eigenvalue weighted by atomic mass is 16.3. The summed E-state index contributed by atoms with van der Waals surface area (Å²) in [5, 5.41) is 7.03. The lowest BCUT2D eigenvalue weighted by molar-refractivity contribution is 0.102. The molecule has 5 heteroatoms. The molecule has 5 nitrogen and oxygen atoms in total. The van der Waals surface area contributed by atoms with E-state index in [4.69, 9.17) is 4.42 Å². The van der Waals surface area contributed by atoms with Crippen LogP contribution in [-0.4, -0.2) is 15.7 Å². The maximum atomic E-state index is 12.2. The molecule has 0 aromatic carbocycles. The fourth-order valence-electron chi connectivity index (χ4n) is 2.03. The zero-order valence-electron chi connectivity index (χ0n) is 11.3. The Morgan fingerprint density at radius 1 is 1.28 bits per heavy atom. The molecule has 0 aliphatic carbocycles. The number of furan rings is 1. The van der Waals surface area contributed by atoms with Crippen LogP contribution in [0.4, 0.5) is 5.82 Å². The van der Waals surface area contributed by atoms with Crippen molar-refractivity contribution in [3.63, 3.8) is 0 Å². The van der Waals surface area contributed by atoms with Crippen LogP contribution in [0.25, 0.3) is 0 Å². The molecule has 1 N–H and O–H groups in total. The van der Waals surface area contributed by atoms with E-state index in [1.54, 1.807) is 18.7 Å². The molecule has 0 fully saturated rings. The lowest BCUT2D eigenvalue weighted by Crippen LogP contribution is -2.15. The van der Waals surface area contributed by atoms with Crippen molar-refractivity contribution in [2.75, 3.05) is 5.32 Å². The molecule has 0 spiro atoms. The molecule has 18 heavy (non-hydrogen) atoms. The summed E-state index contributed by atoms with van der Waals surface area (Å²) >= 11 is 0. The Kier molecular flexibility index (Phi) is 2.98. The summed E-state index contributed by atoms with van der Waals surface area (Å²) in [6, 6.07) is 1.83. The van der Waals surface area contributed by atoms with Gasteiger partial charge in [0.25, 0.3) is 5.91 Å². The highest BCUT2D eigenvalue weighted by Gasteiger charge is 2.19. The highest BCUT2D eigenvalue weighted by molar-refractivity contribution is 6.05. The summed E-state index contributed by atoms with van der Waals surface area (Å²) in [5.41, 5.74) is 2.35. The third-order valence-corrected chi connectivity index (χ3v) is 3.03. The van der Waals surface area contributed by atoms with Gasteiger partial charge in [-0.3, -0.25) is 9.48 Å². The van der Waals surface area contributed by atoms with Crippen molar-refractivity contribution in [1.82, 2.24) is 9.78 Å². The number of anilines is 1. The molecule has 0 aliphatic heterocycles. The number of aryl methyl sites for hydroxylation is 4. The molecule has 96 valence electrons. The second kappa shape index (κ2) is 4.33. The Labute approximate surface area is 106 Å². The van der Waals surface area contributed by atoms with Gasteiger partial charge in [0.1, 0.15) is 17.3 Å². The number of nitrogens with zero attached hydrogens (tertiary/aromatic N) is 2. The van der Waals surface area contributed by atoms with Crippen molar-refractivity contribution in [2.24, 2.45) is 7.05 Å². The normalized spacial score (nSPS) is 10.7. The van der Waals surface area contributed by atoms with Crippen molar-refractivity contribution in [2.45, 2.75) is 27.7 Å². The summed E-state index contributed by atoms with van der Waals surface area (Å²) in [7, 11) is 1.79. The average Bonchev–Trinajstić information content (AvgIpc) is 2.69. The number of hydrogen-bond donors (Lipinski definition) is 1. The molecular weight excluding hydrogens is 230 g/mol. The zero-order chi connectivity index (χ0) is 13.4. The van der Waals surface area contributed by atoms with Gasteiger partial charge in [0.05, 0.1) is 11.3 Å². The minimum absolute atomic E-state index is 0.162. The van der Waals surface area contributed by atoms with Gasteiger partial charge in [-0.05, 0) is 27.7 Å². The van der Waals surface area contributed by atoms with Gasteiger partial charge in [0.2, 0.25) is 0 Å². The van der Waals surface area contributed by atoms with Crippen LogP contribution in [0.5, 0.6) is 0 Å². The predicted molar refractivity (Wildman–Crippen MR) is 68.8 cm³/mol. The number of carbonyl (C=O) groups excluding carboxylic acids is 1. The molecule has 2 heterocycles. The van der Waals surface area contributed by atoms with Gasteiger partial charge in [-0.2, -0.15) is 5.10 Å². The molecule has 0 radical (unpaired) electrons. The molecule has 0 saturated heterocycles. The van der Waals surface area contributed by atoms with Gasteiger partial charge in [-0.15, -0.1) is 0 Å². The molecular formula is C13H17N3O2. The molecule has 0 bridgehead atoms. The van der Waals surface area contributed by atoms with Crippen LogP contribution in [0, 0.1) is 27.7 Å². The summed E-state index contributed by atoms with van der Waals surface area (Å²) in [6.07, 6.45) is 0. The monoisotopic (exact) mass is 247 g/mol. The maximum absolute atomic E-state index is 12.2. The third-order valence-electron chi connectivity index (χ3n) is 3.03. The van der Waals surface area contributed by atoms with Crippen LogP contribution >= 0.6 is 0 Å². The number of aromatic nitrogens is 2. The van der Waals surface area contributed by atoms with Crippen LogP contribution in [0.15, 0.2) is 10.5 Å². The first kappa shape index (κ1) is 12.4. The van der Waals surface area contributed by atoms with Gasteiger partial charge in [-0.25, -0.2) is 0 Å². The van der Waals surface area contributed by atoms with Crippen LogP contribution in [0.1, 0.15) is 33.1 Å². The van der Waals surface area contributed by atoms with Crippen molar-refractivity contribution in [3.05, 3.63) is 34.4 Å². The topological polar surface area (TPSA) is 60.1 Å². The third kappa shape index (κ3) is 2.03. The van der Waals surface area contributed by atoms with E-state index < -0.39 is 0 Å². The summed E-state index contributed by atoms with van der Waals surface area (Å²) in [5.74, 6) is 1.93. The van der Waals surface area contributed by atoms with Gasteiger partial charge in [0, 0.05) is 18.7 Å². The zero-order valence-corrected chi connectivity index (χ0v) is 11.3. The van der Waals surface area contributed by atoms with E-state index in [0.717, 1.165) is 17.0 Å². The molecule has 2 aromatic rings. The number of nitrogens with one attached hydrogen (secondary N) is 1. The van der Waals surface area contributed by atoms with E-state index in [2.05, 4.69) is 10.4 Å². The Balaban J connectivity index is 2.30. The molecule has 2 aromatic heterocycles. The first-order valence-electron chi connectivity index (χ1n) is 5.78. The van der Waals surface area contributed by atoms with Crippen molar-refractivity contribution < 1.29 is 9.21 Å². The van der Waals surface area contributed by atoms with E-state index in [1.807, 2.05) is 26.8 Å². The van der Waals surface area contributed by atoms with Gasteiger partial charge >= 0.3 is 0 Å². The van der Waals surface area contributed by atoms with Gasteiger partial charge < -0.3 is 9.73 Å². The fraction of sp³-hybridized carbons (Fsp3) is 0.385. The lowest BCUT2D eigenvalue weighted by Gasteiger charge is -2.05. The lowest BCUT2D eigenvalue weighted by atomic mass is 10.1. The SMILES string of the molecule is Cc1cc(NC(=O)c2c(C)oc(C)c2C)n(C)n1. The van der Waals surface area contributed by atoms with Crippen LogP contribution in [-0.2, 0) is 7.05 Å². The smallest absolute Gasteiger partial charge is 0.260 e. The quantitative estimate of drug-likeness (QED) is 0.887. The van der Waals surface area contributed by atoms with Gasteiger partial charge in [0.15, 0.2) is 0 Å². The number of hydrogen-bond acceptors (Lipinski definition) is 3. The molecule has 2 rings (SSSR count). The Hall–Kier alpha value is -2.04. The molecule has 0 atom stereocenters. The largest absolute Gasteiger partial charge is 0.466 e. The molecule has 1 amide bonds. The summed E-state index contributed by atoms with van der Waals surface area (Å²) in [4.78, 5) is 12.2. The van der Waals surface area contributed by atoms with Crippen molar-refractivity contribution >= 4 is 11.7 Å².